The molecular weight excluding hydrogens is 214 g/mol. The summed E-state index contributed by atoms with van der Waals surface area (Å²) in [6, 6.07) is 7.31. The number of hydrogen-bond donors (Lipinski definition) is 1. The topological polar surface area (TPSA) is 56.1 Å². The third kappa shape index (κ3) is 2.56. The number of urea groups is 1. The van der Waals surface area contributed by atoms with Gasteiger partial charge in [-0.15, -0.1) is 0 Å². The number of benzene rings is 1. The zero-order valence-corrected chi connectivity index (χ0v) is 9.86. The largest absolute Gasteiger partial charge is 0.325 e. The van der Waals surface area contributed by atoms with E-state index < -0.39 is 0 Å². The van der Waals surface area contributed by atoms with E-state index in [2.05, 4.69) is 11.4 Å². The lowest BCUT2D eigenvalue weighted by Gasteiger charge is -2.17. The second kappa shape index (κ2) is 4.88. The first-order chi connectivity index (χ1) is 8.20. The number of amides is 2. The SMILES string of the molecule is Cc1ccc(C#N)cc1NC(=O)N1CCCC1. The molecule has 0 aromatic heterocycles. The highest BCUT2D eigenvalue weighted by atomic mass is 16.2. The lowest BCUT2D eigenvalue weighted by atomic mass is 10.1. The van der Waals surface area contributed by atoms with Crippen molar-refractivity contribution >= 4 is 11.7 Å². The van der Waals surface area contributed by atoms with Crippen LogP contribution >= 0.6 is 0 Å². The second-order valence-corrected chi connectivity index (χ2v) is 4.27. The lowest BCUT2D eigenvalue weighted by Crippen LogP contribution is -2.32. The van der Waals surface area contributed by atoms with Crippen LogP contribution in [0.1, 0.15) is 24.0 Å². The van der Waals surface area contributed by atoms with Crippen LogP contribution in [0.4, 0.5) is 10.5 Å². The molecule has 2 amide bonds. The molecule has 1 saturated heterocycles. The predicted molar refractivity (Wildman–Crippen MR) is 65.7 cm³/mol. The Hall–Kier alpha value is -2.02. The Labute approximate surface area is 101 Å². The van der Waals surface area contributed by atoms with Gasteiger partial charge in [0, 0.05) is 18.8 Å². The number of nitrogens with zero attached hydrogens (tertiary/aromatic N) is 2. The average molecular weight is 229 g/mol. The summed E-state index contributed by atoms with van der Waals surface area (Å²) in [5.41, 5.74) is 2.25. The fourth-order valence-corrected chi connectivity index (χ4v) is 1.94. The van der Waals surface area contributed by atoms with Crippen LogP contribution in [-0.2, 0) is 0 Å². The third-order valence-corrected chi connectivity index (χ3v) is 3.00. The predicted octanol–water partition coefficient (Wildman–Crippen LogP) is 2.49. The smallest absolute Gasteiger partial charge is 0.321 e. The molecule has 1 aromatic carbocycles. The Morgan fingerprint density at radius 3 is 2.76 bits per heavy atom. The van der Waals surface area contributed by atoms with Crippen molar-refractivity contribution in [3.8, 4) is 6.07 Å². The van der Waals surface area contributed by atoms with Gasteiger partial charge < -0.3 is 10.2 Å². The van der Waals surface area contributed by atoms with Gasteiger partial charge in [-0.05, 0) is 37.5 Å². The van der Waals surface area contributed by atoms with Gasteiger partial charge in [-0.2, -0.15) is 5.26 Å². The van der Waals surface area contributed by atoms with Gasteiger partial charge in [0.05, 0.1) is 11.6 Å². The van der Waals surface area contributed by atoms with Crippen molar-refractivity contribution < 1.29 is 4.79 Å². The molecule has 0 spiro atoms. The van der Waals surface area contributed by atoms with E-state index in [-0.39, 0.29) is 6.03 Å². The summed E-state index contributed by atoms with van der Waals surface area (Å²) >= 11 is 0. The summed E-state index contributed by atoms with van der Waals surface area (Å²) in [5.74, 6) is 0. The Morgan fingerprint density at radius 1 is 1.41 bits per heavy atom. The van der Waals surface area contributed by atoms with Crippen LogP contribution in [0.2, 0.25) is 0 Å². The molecule has 0 aliphatic carbocycles. The van der Waals surface area contributed by atoms with Crippen LogP contribution in [0.15, 0.2) is 18.2 Å². The van der Waals surface area contributed by atoms with Gasteiger partial charge in [0.25, 0.3) is 0 Å². The third-order valence-electron chi connectivity index (χ3n) is 3.00. The molecule has 0 radical (unpaired) electrons. The number of nitriles is 1. The van der Waals surface area contributed by atoms with Crippen molar-refractivity contribution in [2.24, 2.45) is 0 Å². The first-order valence-corrected chi connectivity index (χ1v) is 5.77. The maximum absolute atomic E-state index is 11.9. The molecule has 17 heavy (non-hydrogen) atoms. The van der Waals surface area contributed by atoms with Crippen molar-refractivity contribution in [1.82, 2.24) is 4.90 Å². The number of anilines is 1. The molecule has 2 rings (SSSR count). The minimum atomic E-state index is -0.0688. The molecule has 1 fully saturated rings. The van der Waals surface area contributed by atoms with E-state index >= 15 is 0 Å². The molecule has 1 aliphatic heterocycles. The quantitative estimate of drug-likeness (QED) is 0.804. The molecule has 4 heteroatoms. The Balaban J connectivity index is 2.12. The Kier molecular flexibility index (Phi) is 3.29. The highest BCUT2D eigenvalue weighted by Gasteiger charge is 2.18. The molecule has 1 heterocycles. The normalized spacial score (nSPS) is 14.5. The van der Waals surface area contributed by atoms with E-state index in [1.165, 1.54) is 0 Å². The summed E-state index contributed by atoms with van der Waals surface area (Å²) in [6.45, 7) is 3.56. The van der Waals surface area contributed by atoms with Crippen molar-refractivity contribution in [1.29, 1.82) is 5.26 Å². The monoisotopic (exact) mass is 229 g/mol. The fourth-order valence-electron chi connectivity index (χ4n) is 1.94. The number of likely N-dealkylation sites (tertiary alicyclic amines) is 1. The molecule has 0 saturated carbocycles. The average Bonchev–Trinajstić information content (AvgIpc) is 2.85. The Bertz CT molecular complexity index is 470. The molecule has 1 aromatic rings. The summed E-state index contributed by atoms with van der Waals surface area (Å²) in [6.07, 6.45) is 2.15. The molecule has 0 atom stereocenters. The summed E-state index contributed by atoms with van der Waals surface area (Å²) in [5, 5.41) is 11.7. The number of carbonyl (C=O) groups excluding carboxylic acids is 1. The molecule has 0 bridgehead atoms. The van der Waals surface area contributed by atoms with Crippen LogP contribution in [0.3, 0.4) is 0 Å². The van der Waals surface area contributed by atoms with E-state index in [1.54, 1.807) is 17.0 Å². The second-order valence-electron chi connectivity index (χ2n) is 4.27. The maximum Gasteiger partial charge on any atom is 0.321 e. The molecule has 88 valence electrons. The van der Waals surface area contributed by atoms with Gasteiger partial charge >= 0.3 is 6.03 Å². The van der Waals surface area contributed by atoms with Crippen LogP contribution in [0, 0.1) is 18.3 Å². The van der Waals surface area contributed by atoms with Gasteiger partial charge in [0.15, 0.2) is 0 Å². The van der Waals surface area contributed by atoms with Crippen LogP contribution in [0.25, 0.3) is 0 Å². The van der Waals surface area contributed by atoms with E-state index in [1.807, 2.05) is 13.0 Å². The highest BCUT2D eigenvalue weighted by Crippen LogP contribution is 2.18. The van der Waals surface area contributed by atoms with Gasteiger partial charge in [-0.25, -0.2) is 4.79 Å². The molecule has 0 unspecified atom stereocenters. The first kappa shape index (κ1) is 11.5. The summed E-state index contributed by atoms with van der Waals surface area (Å²) in [4.78, 5) is 13.7. The van der Waals surface area contributed by atoms with Crippen molar-refractivity contribution in [2.75, 3.05) is 18.4 Å². The molecule has 1 aliphatic rings. The van der Waals surface area contributed by atoms with Gasteiger partial charge in [-0.1, -0.05) is 6.07 Å². The number of rotatable bonds is 1. The number of carbonyl (C=O) groups is 1. The Morgan fingerprint density at radius 2 is 2.12 bits per heavy atom. The van der Waals surface area contributed by atoms with Crippen LogP contribution < -0.4 is 5.32 Å². The van der Waals surface area contributed by atoms with Crippen molar-refractivity contribution in [3.63, 3.8) is 0 Å². The van der Waals surface area contributed by atoms with E-state index in [9.17, 15) is 4.79 Å². The summed E-state index contributed by atoms with van der Waals surface area (Å²) < 4.78 is 0. The fraction of sp³-hybridized carbons (Fsp3) is 0.385. The maximum atomic E-state index is 11.9. The molecule has 4 nitrogen and oxygen atoms in total. The zero-order valence-electron chi connectivity index (χ0n) is 9.86. The standard InChI is InChI=1S/C13H15N3O/c1-10-4-5-11(9-14)8-12(10)15-13(17)16-6-2-3-7-16/h4-5,8H,2-3,6-7H2,1H3,(H,15,17). The molecular formula is C13H15N3O. The highest BCUT2D eigenvalue weighted by molar-refractivity contribution is 5.90. The number of nitrogens with one attached hydrogen (secondary N) is 1. The van der Waals surface area contributed by atoms with Crippen molar-refractivity contribution in [3.05, 3.63) is 29.3 Å². The van der Waals surface area contributed by atoms with E-state index in [4.69, 9.17) is 5.26 Å². The lowest BCUT2D eigenvalue weighted by molar-refractivity contribution is 0.222. The number of hydrogen-bond acceptors (Lipinski definition) is 2. The molecule has 1 N–H and O–H groups in total. The summed E-state index contributed by atoms with van der Waals surface area (Å²) in [7, 11) is 0. The van der Waals surface area contributed by atoms with Gasteiger partial charge in [-0.3, -0.25) is 0 Å². The first-order valence-electron chi connectivity index (χ1n) is 5.77. The number of aryl methyl sites for hydroxylation is 1. The van der Waals surface area contributed by atoms with E-state index in [0.717, 1.165) is 37.2 Å². The minimum Gasteiger partial charge on any atom is -0.325 e. The van der Waals surface area contributed by atoms with Crippen molar-refractivity contribution in [2.45, 2.75) is 19.8 Å². The van der Waals surface area contributed by atoms with Gasteiger partial charge in [0.2, 0.25) is 0 Å². The van der Waals surface area contributed by atoms with Crippen LogP contribution in [0.5, 0.6) is 0 Å². The van der Waals surface area contributed by atoms with Crippen LogP contribution in [-0.4, -0.2) is 24.0 Å². The van der Waals surface area contributed by atoms with Gasteiger partial charge in [0.1, 0.15) is 0 Å². The zero-order chi connectivity index (χ0) is 12.3. The van der Waals surface area contributed by atoms with E-state index in [0.29, 0.717) is 5.56 Å². The minimum absolute atomic E-state index is 0.0688.